The van der Waals surface area contributed by atoms with Crippen molar-refractivity contribution in [2.75, 3.05) is 12.4 Å². The van der Waals surface area contributed by atoms with Gasteiger partial charge in [0.25, 0.3) is 5.91 Å². The number of thioether (sulfide) groups is 1. The summed E-state index contributed by atoms with van der Waals surface area (Å²) in [5.41, 5.74) is 0.496. The predicted octanol–water partition coefficient (Wildman–Crippen LogP) is 4.20. The number of nitrogens with one attached hydrogen (secondary N) is 1. The minimum Gasteiger partial charge on any atom is -0.369 e. The smallest absolute Gasteiger partial charge is 0.257 e. The van der Waals surface area contributed by atoms with Gasteiger partial charge >= 0.3 is 0 Å². The molecule has 1 saturated heterocycles. The van der Waals surface area contributed by atoms with E-state index in [0.717, 1.165) is 11.8 Å². The average Bonchev–Trinajstić information content (AvgIpc) is 3.25. The third kappa shape index (κ3) is 4.18. The van der Waals surface area contributed by atoms with Crippen LogP contribution >= 0.6 is 11.8 Å². The van der Waals surface area contributed by atoms with Gasteiger partial charge in [0.1, 0.15) is 23.3 Å². The molecule has 1 aromatic heterocycles. The van der Waals surface area contributed by atoms with E-state index < -0.39 is 17.2 Å². The van der Waals surface area contributed by atoms with E-state index in [1.54, 1.807) is 28.9 Å². The standard InChI is InChI=1S/C24H22F2N4O2S/c1-30-10-9-20(29-30)21-11-16-13-33-23(27-22(31)15-5-3-2-4-6-15)28-24(16,14-32-21)18-8-7-17(25)12-19(18)26/h2-10,12,16,21H,11,13-14H2,1H3,(H,27,28,31). The third-order valence-corrected chi connectivity index (χ3v) is 7.15. The number of halogens is 2. The topological polar surface area (TPSA) is 68.5 Å². The second kappa shape index (κ2) is 8.72. The van der Waals surface area contributed by atoms with Crippen molar-refractivity contribution in [2.24, 2.45) is 18.0 Å². The summed E-state index contributed by atoms with van der Waals surface area (Å²) in [7, 11) is 1.84. The molecule has 3 aromatic rings. The molecule has 3 atom stereocenters. The Kier molecular flexibility index (Phi) is 5.76. The molecule has 0 radical (unpaired) electrons. The molecule has 1 fully saturated rings. The molecule has 2 aliphatic rings. The fourth-order valence-corrected chi connectivity index (χ4v) is 5.58. The Morgan fingerprint density at radius 3 is 2.76 bits per heavy atom. The number of aromatic nitrogens is 2. The highest BCUT2D eigenvalue weighted by molar-refractivity contribution is 8.13. The largest absolute Gasteiger partial charge is 0.369 e. The zero-order valence-electron chi connectivity index (χ0n) is 17.9. The first-order valence-electron chi connectivity index (χ1n) is 10.6. The van der Waals surface area contributed by atoms with E-state index in [0.29, 0.717) is 22.9 Å². The molecule has 3 unspecified atom stereocenters. The predicted molar refractivity (Wildman–Crippen MR) is 122 cm³/mol. The second-order valence-electron chi connectivity index (χ2n) is 8.24. The minimum atomic E-state index is -1.08. The van der Waals surface area contributed by atoms with Crippen molar-refractivity contribution < 1.29 is 18.3 Å². The molecule has 0 bridgehead atoms. The van der Waals surface area contributed by atoms with Crippen LogP contribution in [0.15, 0.2) is 65.8 Å². The van der Waals surface area contributed by atoms with Gasteiger partial charge in [-0.25, -0.2) is 13.8 Å². The van der Waals surface area contributed by atoms with Crippen LogP contribution in [-0.4, -0.2) is 33.2 Å². The van der Waals surface area contributed by atoms with Gasteiger partial charge < -0.3 is 10.1 Å². The zero-order chi connectivity index (χ0) is 23.0. The number of hydrogen-bond acceptors (Lipinski definition) is 5. The summed E-state index contributed by atoms with van der Waals surface area (Å²) in [4.78, 5) is 17.5. The van der Waals surface area contributed by atoms with Crippen LogP contribution in [0.25, 0.3) is 0 Å². The number of carbonyl (C=O) groups excluding carboxylic acids is 1. The minimum absolute atomic E-state index is 0.0900. The van der Waals surface area contributed by atoms with E-state index in [-0.39, 0.29) is 30.1 Å². The van der Waals surface area contributed by atoms with Crippen LogP contribution in [0.1, 0.15) is 34.1 Å². The molecule has 5 rings (SSSR count). The monoisotopic (exact) mass is 468 g/mol. The quantitative estimate of drug-likeness (QED) is 0.626. The van der Waals surface area contributed by atoms with E-state index in [9.17, 15) is 9.18 Å². The van der Waals surface area contributed by atoms with E-state index in [1.165, 1.54) is 23.9 Å². The zero-order valence-corrected chi connectivity index (χ0v) is 18.7. The van der Waals surface area contributed by atoms with Crippen molar-refractivity contribution in [1.82, 2.24) is 15.1 Å². The van der Waals surface area contributed by atoms with Crippen LogP contribution in [0, 0.1) is 17.6 Å². The highest BCUT2D eigenvalue weighted by Gasteiger charge is 2.50. The van der Waals surface area contributed by atoms with E-state index in [4.69, 9.17) is 9.73 Å². The number of fused-ring (bicyclic) bond motifs is 1. The van der Waals surface area contributed by atoms with Crippen molar-refractivity contribution in [2.45, 2.75) is 18.1 Å². The Morgan fingerprint density at radius 1 is 1.21 bits per heavy atom. The highest BCUT2D eigenvalue weighted by Crippen LogP contribution is 2.49. The number of ether oxygens (including phenoxy) is 1. The Morgan fingerprint density at radius 2 is 2.03 bits per heavy atom. The third-order valence-electron chi connectivity index (χ3n) is 6.12. The van der Waals surface area contributed by atoms with Crippen molar-refractivity contribution in [1.29, 1.82) is 0 Å². The molecule has 0 aliphatic carbocycles. The highest BCUT2D eigenvalue weighted by atomic mass is 32.2. The molecule has 1 N–H and O–H groups in total. The van der Waals surface area contributed by atoms with Gasteiger partial charge in [0, 0.05) is 42.1 Å². The molecule has 170 valence electrons. The van der Waals surface area contributed by atoms with Gasteiger partial charge in [0.15, 0.2) is 5.17 Å². The molecule has 1 amide bonds. The van der Waals surface area contributed by atoms with Gasteiger partial charge in [0.2, 0.25) is 0 Å². The number of rotatable bonds is 3. The van der Waals surface area contributed by atoms with Gasteiger partial charge in [-0.1, -0.05) is 36.0 Å². The van der Waals surface area contributed by atoms with Crippen molar-refractivity contribution in [3.63, 3.8) is 0 Å². The average molecular weight is 469 g/mol. The van der Waals surface area contributed by atoms with Crippen LogP contribution < -0.4 is 5.32 Å². The van der Waals surface area contributed by atoms with Gasteiger partial charge in [-0.2, -0.15) is 5.10 Å². The second-order valence-corrected chi connectivity index (χ2v) is 9.25. The Labute approximate surface area is 194 Å². The van der Waals surface area contributed by atoms with Crippen LogP contribution in [0.2, 0.25) is 0 Å². The summed E-state index contributed by atoms with van der Waals surface area (Å²) in [5, 5.41) is 7.69. The maximum Gasteiger partial charge on any atom is 0.257 e. The van der Waals surface area contributed by atoms with Crippen molar-refractivity contribution >= 4 is 22.8 Å². The number of amidine groups is 1. The first-order valence-corrected chi connectivity index (χ1v) is 11.6. The van der Waals surface area contributed by atoms with E-state index >= 15 is 4.39 Å². The number of carbonyl (C=O) groups is 1. The maximum atomic E-state index is 15.0. The number of nitrogens with zero attached hydrogens (tertiary/aromatic N) is 3. The summed E-state index contributed by atoms with van der Waals surface area (Å²) in [6.07, 6.45) is 2.18. The van der Waals surface area contributed by atoms with Crippen LogP contribution in [0.4, 0.5) is 8.78 Å². The Hall–Kier alpha value is -3.04. The number of amides is 1. The lowest BCUT2D eigenvalue weighted by molar-refractivity contribution is -0.0608. The molecule has 0 saturated carbocycles. The summed E-state index contributed by atoms with van der Waals surface area (Å²) in [6.45, 7) is 0.0900. The normalized spacial score (nSPS) is 24.6. The van der Waals surface area contributed by atoms with Gasteiger partial charge in [0.05, 0.1) is 12.3 Å². The number of benzene rings is 2. The summed E-state index contributed by atoms with van der Waals surface area (Å²) < 4.78 is 36.6. The molecular formula is C24H22F2N4O2S. The molecule has 2 aliphatic heterocycles. The number of aliphatic imine (C=N–C) groups is 1. The lowest BCUT2D eigenvalue weighted by Gasteiger charge is -2.46. The summed E-state index contributed by atoms with van der Waals surface area (Å²) in [6, 6.07) is 14.2. The molecule has 0 spiro atoms. The molecular weight excluding hydrogens is 446 g/mol. The van der Waals surface area contributed by atoms with Gasteiger partial charge in [-0.05, 0) is 30.7 Å². The fraction of sp³-hybridized carbons (Fsp3) is 0.292. The Bertz CT molecular complexity index is 1220. The number of aryl methyl sites for hydroxylation is 1. The van der Waals surface area contributed by atoms with E-state index in [2.05, 4.69) is 10.4 Å². The van der Waals surface area contributed by atoms with Crippen molar-refractivity contribution in [3.8, 4) is 0 Å². The molecule has 6 nitrogen and oxygen atoms in total. The molecule has 9 heteroatoms. The van der Waals surface area contributed by atoms with E-state index in [1.807, 2.05) is 25.4 Å². The molecule has 33 heavy (non-hydrogen) atoms. The van der Waals surface area contributed by atoms with Gasteiger partial charge in [-0.3, -0.25) is 9.48 Å². The molecule has 2 aromatic carbocycles. The van der Waals surface area contributed by atoms with Crippen LogP contribution in [0.3, 0.4) is 0 Å². The first kappa shape index (κ1) is 21.8. The lowest BCUT2D eigenvalue weighted by Crippen LogP contribution is -2.49. The first-order chi connectivity index (χ1) is 15.9. The lowest BCUT2D eigenvalue weighted by atomic mass is 9.74. The summed E-state index contributed by atoms with van der Waals surface area (Å²) in [5.74, 6) is -1.13. The summed E-state index contributed by atoms with van der Waals surface area (Å²) >= 11 is 1.42. The fourth-order valence-electron chi connectivity index (χ4n) is 4.42. The molecule has 3 heterocycles. The van der Waals surface area contributed by atoms with Crippen LogP contribution in [-0.2, 0) is 17.3 Å². The maximum absolute atomic E-state index is 15.0. The van der Waals surface area contributed by atoms with Crippen LogP contribution in [0.5, 0.6) is 0 Å². The van der Waals surface area contributed by atoms with Crippen molar-refractivity contribution in [3.05, 3.63) is 89.2 Å². The van der Waals surface area contributed by atoms with Gasteiger partial charge in [-0.15, -0.1) is 0 Å². The number of hydrogen-bond donors (Lipinski definition) is 1. The Balaban J connectivity index is 1.50. The SMILES string of the molecule is Cn1ccc(C2CC3CSC(NC(=O)c4ccccc4)=NC3(c3ccc(F)cc3F)CO2)n1.